The zero-order valence-corrected chi connectivity index (χ0v) is 11.7. The number of fused-ring (bicyclic) bond motifs is 1. The molecular formula is C16H18FNO3. The number of carbonyl (C=O) groups is 1. The van der Waals surface area contributed by atoms with Gasteiger partial charge in [-0.1, -0.05) is 6.07 Å². The first kappa shape index (κ1) is 14.1. The Morgan fingerprint density at radius 2 is 2.29 bits per heavy atom. The van der Waals surface area contributed by atoms with Crippen LogP contribution in [0.4, 0.5) is 10.1 Å². The summed E-state index contributed by atoms with van der Waals surface area (Å²) in [6.07, 6.45) is 5.71. The van der Waals surface area contributed by atoms with Gasteiger partial charge in [0.2, 0.25) is 0 Å². The van der Waals surface area contributed by atoms with E-state index in [-0.39, 0.29) is 12.1 Å². The lowest BCUT2D eigenvalue weighted by Crippen LogP contribution is -2.49. The molecule has 2 atom stereocenters. The number of aliphatic carboxylic acids is 1. The highest BCUT2D eigenvalue weighted by Crippen LogP contribution is 2.35. The van der Waals surface area contributed by atoms with E-state index >= 15 is 0 Å². The molecule has 0 radical (unpaired) electrons. The van der Waals surface area contributed by atoms with Crippen LogP contribution in [0.3, 0.4) is 0 Å². The van der Waals surface area contributed by atoms with Gasteiger partial charge in [0, 0.05) is 23.9 Å². The average molecular weight is 291 g/mol. The minimum absolute atomic E-state index is 0.207. The Bertz CT molecular complexity index is 573. The molecule has 1 N–H and O–H groups in total. The largest absolute Gasteiger partial charge is 0.478 e. The van der Waals surface area contributed by atoms with E-state index in [1.165, 1.54) is 12.1 Å². The van der Waals surface area contributed by atoms with Gasteiger partial charge in [0.15, 0.2) is 0 Å². The predicted octanol–water partition coefficient (Wildman–Crippen LogP) is 2.68. The molecule has 2 unspecified atom stereocenters. The van der Waals surface area contributed by atoms with Gasteiger partial charge in [-0.25, -0.2) is 9.18 Å². The van der Waals surface area contributed by atoms with E-state index in [9.17, 15) is 9.18 Å². The number of hydrogen-bond acceptors (Lipinski definition) is 3. The van der Waals surface area contributed by atoms with Gasteiger partial charge >= 0.3 is 5.97 Å². The highest BCUT2D eigenvalue weighted by atomic mass is 19.1. The molecule has 1 saturated carbocycles. The Kier molecular flexibility index (Phi) is 3.92. The van der Waals surface area contributed by atoms with E-state index in [1.807, 2.05) is 6.07 Å². The predicted molar refractivity (Wildman–Crippen MR) is 77.8 cm³/mol. The molecule has 5 heteroatoms. The van der Waals surface area contributed by atoms with Crippen LogP contribution in [0.1, 0.15) is 24.8 Å². The number of anilines is 1. The van der Waals surface area contributed by atoms with Crippen molar-refractivity contribution in [1.82, 2.24) is 0 Å². The fraction of sp³-hybridized carbons (Fsp3) is 0.438. The van der Waals surface area contributed by atoms with Crippen LogP contribution < -0.4 is 4.90 Å². The molecule has 1 aromatic rings. The van der Waals surface area contributed by atoms with Crippen LogP contribution >= 0.6 is 0 Å². The molecule has 0 amide bonds. The molecule has 21 heavy (non-hydrogen) atoms. The summed E-state index contributed by atoms with van der Waals surface area (Å²) in [6.45, 7) is 1.33. The van der Waals surface area contributed by atoms with Crippen LogP contribution in [0.25, 0.3) is 6.08 Å². The van der Waals surface area contributed by atoms with Crippen molar-refractivity contribution < 1.29 is 19.0 Å². The SMILES string of the molecule is O=C(O)/C=C/c1c(F)cccc1N1CCOC2CCCC21. The summed E-state index contributed by atoms with van der Waals surface area (Å²) in [6, 6.07) is 5.14. The molecule has 2 aliphatic rings. The number of halogens is 1. The zero-order chi connectivity index (χ0) is 14.8. The third kappa shape index (κ3) is 2.78. The van der Waals surface area contributed by atoms with Crippen molar-refractivity contribution in [2.24, 2.45) is 0 Å². The third-order valence-corrected chi connectivity index (χ3v) is 4.21. The second-order valence-corrected chi connectivity index (χ2v) is 5.45. The van der Waals surface area contributed by atoms with Crippen molar-refractivity contribution in [2.45, 2.75) is 31.4 Å². The van der Waals surface area contributed by atoms with Gasteiger partial charge < -0.3 is 14.7 Å². The summed E-state index contributed by atoms with van der Waals surface area (Å²) in [4.78, 5) is 12.9. The van der Waals surface area contributed by atoms with Crippen LogP contribution in [-0.4, -0.2) is 36.4 Å². The Morgan fingerprint density at radius 1 is 1.43 bits per heavy atom. The number of nitrogens with zero attached hydrogens (tertiary/aromatic N) is 1. The minimum atomic E-state index is -1.08. The molecule has 1 saturated heterocycles. The van der Waals surface area contributed by atoms with Crippen LogP contribution in [-0.2, 0) is 9.53 Å². The summed E-state index contributed by atoms with van der Waals surface area (Å²) in [5, 5.41) is 8.77. The number of benzene rings is 1. The number of hydrogen-bond donors (Lipinski definition) is 1. The van der Waals surface area contributed by atoms with Crippen molar-refractivity contribution >= 4 is 17.7 Å². The lowest BCUT2D eigenvalue weighted by molar-refractivity contribution is -0.131. The van der Waals surface area contributed by atoms with E-state index in [2.05, 4.69) is 4.90 Å². The quantitative estimate of drug-likeness (QED) is 0.870. The lowest BCUT2D eigenvalue weighted by atomic mass is 10.1. The van der Waals surface area contributed by atoms with Gasteiger partial charge in [-0.3, -0.25) is 0 Å². The molecule has 2 fully saturated rings. The highest BCUT2D eigenvalue weighted by Gasteiger charge is 2.36. The highest BCUT2D eigenvalue weighted by molar-refractivity contribution is 5.87. The summed E-state index contributed by atoms with van der Waals surface area (Å²) in [7, 11) is 0. The molecule has 3 rings (SSSR count). The molecule has 112 valence electrons. The van der Waals surface area contributed by atoms with Gasteiger partial charge in [0.25, 0.3) is 0 Å². The Hall–Kier alpha value is -1.88. The second-order valence-electron chi connectivity index (χ2n) is 5.45. The molecule has 0 aromatic heterocycles. The summed E-state index contributed by atoms with van der Waals surface area (Å²) >= 11 is 0. The van der Waals surface area contributed by atoms with Crippen molar-refractivity contribution in [2.75, 3.05) is 18.1 Å². The summed E-state index contributed by atoms with van der Waals surface area (Å²) in [5.41, 5.74) is 1.10. The number of carboxylic acids is 1. The van der Waals surface area contributed by atoms with Crippen LogP contribution in [0.5, 0.6) is 0 Å². The average Bonchev–Trinajstić information content (AvgIpc) is 2.94. The van der Waals surface area contributed by atoms with Crippen LogP contribution in [0, 0.1) is 5.82 Å². The zero-order valence-electron chi connectivity index (χ0n) is 11.7. The maximum absolute atomic E-state index is 14.1. The standard InChI is InChI=1S/C16H18FNO3/c17-12-3-1-4-13(11(12)7-8-16(19)20)18-9-10-21-15-6-2-5-14(15)18/h1,3-4,7-8,14-15H,2,5-6,9-10H2,(H,19,20)/b8-7+. The number of morpholine rings is 1. The van der Waals surface area contributed by atoms with Crippen LogP contribution in [0.15, 0.2) is 24.3 Å². The first-order valence-corrected chi connectivity index (χ1v) is 7.24. The van der Waals surface area contributed by atoms with Crippen molar-refractivity contribution in [3.8, 4) is 0 Å². The monoisotopic (exact) mass is 291 g/mol. The number of carboxylic acid groups (broad SMARTS) is 1. The lowest BCUT2D eigenvalue weighted by Gasteiger charge is -2.40. The van der Waals surface area contributed by atoms with E-state index in [0.717, 1.165) is 31.0 Å². The Morgan fingerprint density at radius 3 is 3.10 bits per heavy atom. The number of ether oxygens (including phenoxy) is 1. The van der Waals surface area contributed by atoms with Gasteiger partial charge in [-0.15, -0.1) is 0 Å². The molecule has 4 nitrogen and oxygen atoms in total. The molecular weight excluding hydrogens is 273 g/mol. The van der Waals surface area contributed by atoms with Gasteiger partial charge in [-0.05, 0) is 37.5 Å². The number of rotatable bonds is 3. The normalized spacial score (nSPS) is 25.3. The Labute approximate surface area is 122 Å². The second kappa shape index (κ2) is 5.85. The first-order valence-electron chi connectivity index (χ1n) is 7.24. The van der Waals surface area contributed by atoms with E-state index in [0.29, 0.717) is 18.7 Å². The van der Waals surface area contributed by atoms with Gasteiger partial charge in [-0.2, -0.15) is 0 Å². The smallest absolute Gasteiger partial charge is 0.328 e. The molecule has 1 aliphatic heterocycles. The van der Waals surface area contributed by atoms with E-state index < -0.39 is 11.8 Å². The molecule has 1 aliphatic carbocycles. The first-order chi connectivity index (χ1) is 10.2. The summed E-state index contributed by atoms with van der Waals surface area (Å²) < 4.78 is 19.9. The van der Waals surface area contributed by atoms with Crippen LogP contribution in [0.2, 0.25) is 0 Å². The van der Waals surface area contributed by atoms with Gasteiger partial charge in [0.1, 0.15) is 5.82 Å². The molecule has 1 aromatic carbocycles. The Balaban J connectivity index is 1.97. The van der Waals surface area contributed by atoms with Crippen molar-refractivity contribution in [3.05, 3.63) is 35.7 Å². The minimum Gasteiger partial charge on any atom is -0.478 e. The van der Waals surface area contributed by atoms with Gasteiger partial charge in [0.05, 0.1) is 18.8 Å². The fourth-order valence-electron chi connectivity index (χ4n) is 3.32. The summed E-state index contributed by atoms with van der Waals surface area (Å²) in [5.74, 6) is -1.48. The third-order valence-electron chi connectivity index (χ3n) is 4.21. The van der Waals surface area contributed by atoms with E-state index in [1.54, 1.807) is 6.07 Å². The van der Waals surface area contributed by atoms with E-state index in [4.69, 9.17) is 9.84 Å². The topological polar surface area (TPSA) is 49.8 Å². The maximum atomic E-state index is 14.1. The maximum Gasteiger partial charge on any atom is 0.328 e. The molecule has 0 spiro atoms. The molecule has 0 bridgehead atoms. The molecule has 1 heterocycles. The van der Waals surface area contributed by atoms with Crippen molar-refractivity contribution in [1.29, 1.82) is 0 Å². The van der Waals surface area contributed by atoms with Crippen molar-refractivity contribution in [3.63, 3.8) is 0 Å². The fourth-order valence-corrected chi connectivity index (χ4v) is 3.32.